The molecule has 0 aliphatic rings. The Morgan fingerprint density at radius 3 is 2.40 bits per heavy atom. The van der Waals surface area contributed by atoms with Gasteiger partial charge >= 0.3 is 5.97 Å². The van der Waals surface area contributed by atoms with Crippen molar-refractivity contribution in [2.24, 2.45) is 0 Å². The van der Waals surface area contributed by atoms with Crippen LogP contribution >= 0.6 is 0 Å². The highest BCUT2D eigenvalue weighted by Gasteiger charge is 2.09. The molecule has 25 heavy (non-hydrogen) atoms. The van der Waals surface area contributed by atoms with E-state index in [4.69, 9.17) is 4.42 Å². The molecule has 0 saturated heterocycles. The average Bonchev–Trinajstić information content (AvgIpc) is 3.18. The highest BCUT2D eigenvalue weighted by molar-refractivity contribution is 6.02. The number of nitrogens with zero attached hydrogens (tertiary/aromatic N) is 1. The number of anilines is 3. The fourth-order valence-corrected chi connectivity index (χ4v) is 2.10. The molecule has 0 saturated carbocycles. The van der Waals surface area contributed by atoms with Gasteiger partial charge in [-0.1, -0.05) is 0 Å². The quantitative estimate of drug-likeness (QED) is 0.693. The predicted octanol–water partition coefficient (Wildman–Crippen LogP) is 3.46. The summed E-state index contributed by atoms with van der Waals surface area (Å²) in [6, 6.07) is 13.5. The SMILES string of the molecule is COC(=O)c1ccc(Nc2ccc(NC(=O)c3ccco3)cn2)cc1. The lowest BCUT2D eigenvalue weighted by atomic mass is 10.2. The number of furan rings is 1. The van der Waals surface area contributed by atoms with E-state index in [1.54, 1.807) is 48.5 Å². The molecule has 3 rings (SSSR count). The zero-order valence-electron chi connectivity index (χ0n) is 13.4. The molecule has 0 aliphatic heterocycles. The van der Waals surface area contributed by atoms with Gasteiger partial charge in [0.15, 0.2) is 5.76 Å². The third kappa shape index (κ3) is 4.03. The third-order valence-corrected chi connectivity index (χ3v) is 3.34. The molecule has 7 heteroatoms. The molecule has 0 spiro atoms. The first-order valence-electron chi connectivity index (χ1n) is 7.42. The number of carbonyl (C=O) groups is 2. The standard InChI is InChI=1S/C18H15N3O4/c1-24-18(23)12-4-6-13(7-5-12)20-16-9-8-14(11-19-16)21-17(22)15-3-2-10-25-15/h2-11H,1H3,(H,19,20)(H,21,22). The van der Waals surface area contributed by atoms with Crippen LogP contribution in [0.1, 0.15) is 20.9 Å². The number of aromatic nitrogens is 1. The van der Waals surface area contributed by atoms with E-state index in [9.17, 15) is 9.59 Å². The zero-order chi connectivity index (χ0) is 17.6. The van der Waals surface area contributed by atoms with Crippen LogP contribution in [0.15, 0.2) is 65.4 Å². The first-order chi connectivity index (χ1) is 12.2. The Bertz CT molecular complexity index is 856. The van der Waals surface area contributed by atoms with Gasteiger partial charge in [0.05, 0.1) is 30.8 Å². The van der Waals surface area contributed by atoms with Crippen molar-refractivity contribution in [3.63, 3.8) is 0 Å². The maximum atomic E-state index is 11.9. The number of benzene rings is 1. The third-order valence-electron chi connectivity index (χ3n) is 3.34. The molecule has 2 aromatic heterocycles. The summed E-state index contributed by atoms with van der Waals surface area (Å²) >= 11 is 0. The van der Waals surface area contributed by atoms with Crippen LogP contribution in [0.2, 0.25) is 0 Å². The molecule has 3 aromatic rings. The Kier molecular flexibility index (Phi) is 4.75. The summed E-state index contributed by atoms with van der Waals surface area (Å²) < 4.78 is 9.68. The van der Waals surface area contributed by atoms with Gasteiger partial charge in [-0.15, -0.1) is 0 Å². The summed E-state index contributed by atoms with van der Waals surface area (Å²) in [6.07, 6.45) is 2.97. The van der Waals surface area contributed by atoms with E-state index in [1.165, 1.54) is 19.6 Å². The molecule has 0 bridgehead atoms. The number of pyridine rings is 1. The summed E-state index contributed by atoms with van der Waals surface area (Å²) in [5.74, 6) is 0.0990. The maximum absolute atomic E-state index is 11.9. The molecule has 2 N–H and O–H groups in total. The van der Waals surface area contributed by atoms with Gasteiger partial charge in [0.1, 0.15) is 5.82 Å². The largest absolute Gasteiger partial charge is 0.465 e. The lowest BCUT2D eigenvalue weighted by Gasteiger charge is -2.08. The Hall–Kier alpha value is -3.61. The van der Waals surface area contributed by atoms with E-state index in [0.29, 0.717) is 17.1 Å². The van der Waals surface area contributed by atoms with Crippen LogP contribution in [0, 0.1) is 0 Å². The Labute approximate surface area is 143 Å². The van der Waals surface area contributed by atoms with E-state index in [-0.39, 0.29) is 17.6 Å². The topological polar surface area (TPSA) is 93.5 Å². The zero-order valence-corrected chi connectivity index (χ0v) is 13.4. The van der Waals surface area contributed by atoms with Gasteiger partial charge in [-0.3, -0.25) is 4.79 Å². The van der Waals surface area contributed by atoms with Crippen LogP contribution in [0.3, 0.4) is 0 Å². The van der Waals surface area contributed by atoms with Crippen molar-refractivity contribution < 1.29 is 18.7 Å². The number of methoxy groups -OCH3 is 1. The predicted molar refractivity (Wildman–Crippen MR) is 92.0 cm³/mol. The van der Waals surface area contributed by atoms with E-state index in [0.717, 1.165) is 5.69 Å². The first-order valence-corrected chi connectivity index (χ1v) is 7.42. The molecule has 2 heterocycles. The van der Waals surface area contributed by atoms with E-state index >= 15 is 0 Å². The highest BCUT2D eigenvalue weighted by Crippen LogP contribution is 2.17. The normalized spacial score (nSPS) is 10.1. The van der Waals surface area contributed by atoms with E-state index in [1.807, 2.05) is 0 Å². The van der Waals surface area contributed by atoms with E-state index < -0.39 is 0 Å². The van der Waals surface area contributed by atoms with Crippen molar-refractivity contribution in [3.8, 4) is 0 Å². The van der Waals surface area contributed by atoms with Crippen molar-refractivity contribution in [2.45, 2.75) is 0 Å². The number of nitrogens with one attached hydrogen (secondary N) is 2. The Morgan fingerprint density at radius 1 is 1.04 bits per heavy atom. The molecule has 1 amide bonds. The Balaban J connectivity index is 1.62. The number of amides is 1. The summed E-state index contributed by atoms with van der Waals surface area (Å²) in [5.41, 5.74) is 1.79. The summed E-state index contributed by atoms with van der Waals surface area (Å²) in [4.78, 5) is 27.5. The van der Waals surface area contributed by atoms with E-state index in [2.05, 4.69) is 20.4 Å². The number of esters is 1. The number of rotatable bonds is 5. The van der Waals surface area contributed by atoms with Gasteiger partial charge < -0.3 is 19.8 Å². The Morgan fingerprint density at radius 2 is 1.80 bits per heavy atom. The van der Waals surface area contributed by atoms with Crippen molar-refractivity contribution in [3.05, 3.63) is 72.3 Å². The van der Waals surface area contributed by atoms with Crippen molar-refractivity contribution >= 4 is 29.1 Å². The molecule has 0 aliphatic carbocycles. The molecular weight excluding hydrogens is 322 g/mol. The molecular formula is C18H15N3O4. The first kappa shape index (κ1) is 16.3. The van der Waals surface area contributed by atoms with Crippen LogP contribution in [0.5, 0.6) is 0 Å². The van der Waals surface area contributed by atoms with Crippen LogP contribution in [0.4, 0.5) is 17.2 Å². The van der Waals surface area contributed by atoms with Gasteiger partial charge in [0, 0.05) is 5.69 Å². The van der Waals surface area contributed by atoms with Gasteiger partial charge in [0.25, 0.3) is 5.91 Å². The minimum atomic E-state index is -0.388. The lowest BCUT2D eigenvalue weighted by molar-refractivity contribution is 0.0600. The molecule has 0 radical (unpaired) electrons. The molecule has 0 fully saturated rings. The lowest BCUT2D eigenvalue weighted by Crippen LogP contribution is -2.11. The fraction of sp³-hybridized carbons (Fsp3) is 0.0556. The fourth-order valence-electron chi connectivity index (χ4n) is 2.10. The second kappa shape index (κ2) is 7.31. The number of hydrogen-bond acceptors (Lipinski definition) is 6. The molecule has 1 aromatic carbocycles. The minimum Gasteiger partial charge on any atom is -0.465 e. The smallest absolute Gasteiger partial charge is 0.337 e. The van der Waals surface area contributed by atoms with Gasteiger partial charge in [0.2, 0.25) is 0 Å². The van der Waals surface area contributed by atoms with Crippen LogP contribution in [-0.4, -0.2) is 24.0 Å². The van der Waals surface area contributed by atoms with Gasteiger partial charge in [-0.05, 0) is 48.5 Å². The maximum Gasteiger partial charge on any atom is 0.337 e. The molecule has 0 atom stereocenters. The van der Waals surface area contributed by atoms with Crippen molar-refractivity contribution in [1.82, 2.24) is 4.98 Å². The second-order valence-corrected chi connectivity index (χ2v) is 5.06. The minimum absolute atomic E-state index is 0.230. The van der Waals surface area contributed by atoms with Crippen molar-refractivity contribution in [1.29, 1.82) is 0 Å². The highest BCUT2D eigenvalue weighted by atomic mass is 16.5. The monoisotopic (exact) mass is 337 g/mol. The number of carbonyl (C=O) groups excluding carboxylic acids is 2. The van der Waals surface area contributed by atoms with Crippen molar-refractivity contribution in [2.75, 3.05) is 17.7 Å². The number of hydrogen-bond donors (Lipinski definition) is 2. The molecule has 126 valence electrons. The van der Waals surface area contributed by atoms with Gasteiger partial charge in [-0.25, -0.2) is 9.78 Å². The summed E-state index contributed by atoms with van der Waals surface area (Å²) in [6.45, 7) is 0. The number of ether oxygens (including phenoxy) is 1. The van der Waals surface area contributed by atoms with Crippen LogP contribution < -0.4 is 10.6 Å². The van der Waals surface area contributed by atoms with Crippen LogP contribution in [-0.2, 0) is 4.74 Å². The molecule has 0 unspecified atom stereocenters. The average molecular weight is 337 g/mol. The summed E-state index contributed by atoms with van der Waals surface area (Å²) in [5, 5.41) is 5.79. The van der Waals surface area contributed by atoms with Gasteiger partial charge in [-0.2, -0.15) is 0 Å². The van der Waals surface area contributed by atoms with Crippen LogP contribution in [0.25, 0.3) is 0 Å². The molecule has 7 nitrogen and oxygen atoms in total. The second-order valence-electron chi connectivity index (χ2n) is 5.06. The summed E-state index contributed by atoms with van der Waals surface area (Å²) in [7, 11) is 1.34.